The van der Waals surface area contributed by atoms with Crippen molar-refractivity contribution in [1.29, 1.82) is 0 Å². The predicted molar refractivity (Wildman–Crippen MR) is 47.4 cm³/mol. The molecule has 0 radical (unpaired) electrons. The molecule has 0 fully saturated rings. The van der Waals surface area contributed by atoms with Gasteiger partial charge in [0.2, 0.25) is 0 Å². The van der Waals surface area contributed by atoms with Gasteiger partial charge in [-0.15, -0.1) is 0 Å². The first-order valence-corrected chi connectivity index (χ1v) is 3.78. The summed E-state index contributed by atoms with van der Waals surface area (Å²) in [5.41, 5.74) is 0. The second-order valence-electron chi connectivity index (χ2n) is 2.58. The van der Waals surface area contributed by atoms with Gasteiger partial charge in [0.25, 0.3) is 0 Å². The highest BCUT2D eigenvalue weighted by Gasteiger charge is 1.95. The molecular formula is C8H15N3O. The summed E-state index contributed by atoms with van der Waals surface area (Å²) in [6, 6.07) is 2.86. The fraction of sp³-hybridized carbons (Fsp3) is 0.750. The summed E-state index contributed by atoms with van der Waals surface area (Å²) in [4.78, 5) is 0. The monoisotopic (exact) mass is 169 g/mol. The van der Waals surface area contributed by atoms with Gasteiger partial charge >= 0.3 is 0 Å². The second kappa shape index (κ2) is 6.62. The van der Waals surface area contributed by atoms with Gasteiger partial charge in [0.05, 0.1) is 6.04 Å². The van der Waals surface area contributed by atoms with E-state index in [0.29, 0.717) is 12.6 Å². The molecule has 0 bridgehead atoms. The molecule has 0 aromatic heterocycles. The molecule has 0 amide bonds. The predicted octanol–water partition coefficient (Wildman–Crippen LogP) is 1.30. The van der Waals surface area contributed by atoms with Crippen LogP contribution in [0.1, 0.15) is 13.8 Å². The minimum atomic E-state index is 0.345. The van der Waals surface area contributed by atoms with E-state index in [1.165, 1.54) is 0 Å². The van der Waals surface area contributed by atoms with Gasteiger partial charge in [-0.3, -0.25) is 5.01 Å². The van der Waals surface area contributed by atoms with E-state index in [1.54, 1.807) is 12.1 Å². The van der Waals surface area contributed by atoms with Crippen LogP contribution in [-0.4, -0.2) is 31.8 Å². The van der Waals surface area contributed by atoms with Crippen LogP contribution in [0.25, 0.3) is 0 Å². The van der Waals surface area contributed by atoms with Gasteiger partial charge in [-0.25, -0.2) is 0 Å². The Labute approximate surface area is 73.6 Å². The van der Waals surface area contributed by atoms with Crippen molar-refractivity contribution in [3.63, 3.8) is 0 Å². The Morgan fingerprint density at radius 2 is 2.17 bits per heavy atom. The van der Waals surface area contributed by atoms with E-state index in [-0.39, 0.29) is 0 Å². The summed E-state index contributed by atoms with van der Waals surface area (Å²) in [6.07, 6.45) is 0. The summed E-state index contributed by atoms with van der Waals surface area (Å²) in [7, 11) is 3.44. The van der Waals surface area contributed by atoms with Crippen molar-refractivity contribution in [1.82, 2.24) is 5.01 Å². The van der Waals surface area contributed by atoms with E-state index in [1.807, 2.05) is 20.9 Å². The zero-order valence-electron chi connectivity index (χ0n) is 8.03. The highest BCUT2D eigenvalue weighted by atomic mass is 16.5. The number of ether oxygens (including phenoxy) is 1. The molecule has 0 aliphatic carbocycles. The lowest BCUT2D eigenvalue weighted by Gasteiger charge is -2.13. The average Bonchev–Trinajstić information content (AvgIpc) is 2.03. The number of hydrogen-bond acceptors (Lipinski definition) is 3. The van der Waals surface area contributed by atoms with E-state index < -0.39 is 0 Å². The van der Waals surface area contributed by atoms with E-state index in [2.05, 4.69) is 22.3 Å². The molecule has 4 nitrogen and oxygen atoms in total. The van der Waals surface area contributed by atoms with Gasteiger partial charge in [0.15, 0.2) is 0 Å². The smallest absolute Gasteiger partial charge is 0.109 e. The van der Waals surface area contributed by atoms with Crippen molar-refractivity contribution in [3.05, 3.63) is 0 Å². The zero-order chi connectivity index (χ0) is 9.40. The minimum absolute atomic E-state index is 0.345. The molecule has 0 aliphatic heterocycles. The van der Waals surface area contributed by atoms with Crippen LogP contribution in [-0.2, 0) is 4.74 Å². The minimum Gasteiger partial charge on any atom is -0.372 e. The maximum absolute atomic E-state index is 4.71. The SMILES string of the molecule is COCC#CN=NN(C)C(C)C. The van der Waals surface area contributed by atoms with Gasteiger partial charge in [0, 0.05) is 20.2 Å². The third-order valence-corrected chi connectivity index (χ3v) is 1.28. The van der Waals surface area contributed by atoms with Gasteiger partial charge in [-0.05, 0) is 19.8 Å². The largest absolute Gasteiger partial charge is 0.372 e. The first-order chi connectivity index (χ1) is 5.68. The molecule has 4 heteroatoms. The van der Waals surface area contributed by atoms with Crippen LogP contribution < -0.4 is 0 Å². The van der Waals surface area contributed by atoms with Gasteiger partial charge in [0.1, 0.15) is 6.61 Å². The van der Waals surface area contributed by atoms with Gasteiger partial charge in [-0.2, -0.15) is 0 Å². The molecule has 0 spiro atoms. The van der Waals surface area contributed by atoms with Crippen LogP contribution in [0.4, 0.5) is 0 Å². The van der Waals surface area contributed by atoms with E-state index in [4.69, 9.17) is 4.74 Å². The maximum Gasteiger partial charge on any atom is 0.109 e. The molecule has 68 valence electrons. The molecule has 12 heavy (non-hydrogen) atoms. The van der Waals surface area contributed by atoms with Crippen molar-refractivity contribution >= 4 is 0 Å². The van der Waals surface area contributed by atoms with Crippen LogP contribution in [0.15, 0.2) is 10.3 Å². The van der Waals surface area contributed by atoms with Crippen molar-refractivity contribution in [2.24, 2.45) is 10.3 Å². The Hall–Kier alpha value is -1.08. The number of hydrogen-bond donors (Lipinski definition) is 0. The standard InChI is InChI=1S/C8H15N3O/c1-8(2)11(3)10-9-6-5-7-12-4/h8H,7H2,1-4H3. The lowest BCUT2D eigenvalue weighted by atomic mass is 10.4. The molecule has 0 aliphatic rings. The third kappa shape index (κ3) is 5.69. The van der Waals surface area contributed by atoms with Gasteiger partial charge in [-0.1, -0.05) is 10.3 Å². The molecular weight excluding hydrogens is 154 g/mol. The number of nitrogens with zero attached hydrogens (tertiary/aromatic N) is 3. The summed E-state index contributed by atoms with van der Waals surface area (Å²) < 4.78 is 4.71. The molecule has 0 N–H and O–H groups in total. The summed E-state index contributed by atoms with van der Waals surface area (Å²) in [6.45, 7) is 4.45. The van der Waals surface area contributed by atoms with Crippen LogP contribution in [0.2, 0.25) is 0 Å². The summed E-state index contributed by atoms with van der Waals surface area (Å²) in [5.74, 6) is 2.67. The summed E-state index contributed by atoms with van der Waals surface area (Å²) in [5, 5.41) is 9.20. The third-order valence-electron chi connectivity index (χ3n) is 1.28. The number of rotatable bonds is 3. The van der Waals surface area contributed by atoms with E-state index >= 15 is 0 Å². The van der Waals surface area contributed by atoms with Crippen LogP contribution in [0.3, 0.4) is 0 Å². The molecule has 0 saturated heterocycles. The van der Waals surface area contributed by atoms with Crippen LogP contribution in [0.5, 0.6) is 0 Å². The fourth-order valence-electron chi connectivity index (χ4n) is 0.336. The lowest BCUT2D eigenvalue weighted by molar-refractivity contribution is 0.239. The van der Waals surface area contributed by atoms with Crippen molar-refractivity contribution < 1.29 is 4.74 Å². The molecule has 0 heterocycles. The van der Waals surface area contributed by atoms with E-state index in [0.717, 1.165) is 0 Å². The molecule has 0 aromatic rings. The Kier molecular flexibility index (Phi) is 6.02. The van der Waals surface area contributed by atoms with E-state index in [9.17, 15) is 0 Å². The Balaban J connectivity index is 3.70. The molecule has 0 aromatic carbocycles. The first kappa shape index (κ1) is 10.9. The van der Waals surface area contributed by atoms with Crippen LogP contribution in [0, 0.1) is 12.0 Å². The highest BCUT2D eigenvalue weighted by molar-refractivity contribution is 4.95. The summed E-state index contributed by atoms with van der Waals surface area (Å²) >= 11 is 0. The van der Waals surface area contributed by atoms with Crippen LogP contribution >= 0.6 is 0 Å². The zero-order valence-corrected chi connectivity index (χ0v) is 8.03. The lowest BCUT2D eigenvalue weighted by Crippen LogP contribution is -2.19. The highest BCUT2D eigenvalue weighted by Crippen LogP contribution is 1.93. The van der Waals surface area contributed by atoms with Crippen molar-refractivity contribution in [3.8, 4) is 12.0 Å². The quantitative estimate of drug-likeness (QED) is 0.363. The Bertz CT molecular complexity index is 190. The Morgan fingerprint density at radius 1 is 1.50 bits per heavy atom. The van der Waals surface area contributed by atoms with Crippen molar-refractivity contribution in [2.75, 3.05) is 20.8 Å². The maximum atomic E-state index is 4.71. The molecule has 0 rings (SSSR count). The normalized spacial score (nSPS) is 10.1. The van der Waals surface area contributed by atoms with Gasteiger partial charge < -0.3 is 4.74 Å². The molecule has 0 unspecified atom stereocenters. The second-order valence-corrected chi connectivity index (χ2v) is 2.58. The molecule has 0 atom stereocenters. The first-order valence-electron chi connectivity index (χ1n) is 3.78. The molecule has 0 saturated carbocycles. The Morgan fingerprint density at radius 3 is 2.67 bits per heavy atom. The van der Waals surface area contributed by atoms with Crippen molar-refractivity contribution in [2.45, 2.75) is 19.9 Å². The topological polar surface area (TPSA) is 37.2 Å². The fourth-order valence-corrected chi connectivity index (χ4v) is 0.336. The average molecular weight is 169 g/mol. The number of methoxy groups -OCH3 is 1.